The third kappa shape index (κ3) is 6.16. The van der Waals surface area contributed by atoms with E-state index < -0.39 is 11.5 Å². The van der Waals surface area contributed by atoms with Gasteiger partial charge < -0.3 is 21.0 Å². The second-order valence-corrected chi connectivity index (χ2v) is 9.80. The van der Waals surface area contributed by atoms with Crippen molar-refractivity contribution in [3.05, 3.63) is 119 Å². The number of nitrogens with two attached hydrogens (primary N) is 1. The molecule has 0 aliphatic rings. The maximum Gasteiger partial charge on any atom is 0.360 e. The van der Waals surface area contributed by atoms with E-state index in [1.54, 1.807) is 5.38 Å². The van der Waals surface area contributed by atoms with Gasteiger partial charge in [0.15, 0.2) is 10.3 Å². The zero-order chi connectivity index (χ0) is 26.1. The Morgan fingerprint density at radius 3 is 1.97 bits per heavy atom. The average molecular weight is 532 g/mol. The fourth-order valence-electron chi connectivity index (χ4n) is 3.88. The van der Waals surface area contributed by atoms with Gasteiger partial charge in [0.05, 0.1) is 0 Å². The van der Waals surface area contributed by atoms with Crippen LogP contribution in [0.3, 0.4) is 0 Å². The predicted molar refractivity (Wildman–Crippen MR) is 149 cm³/mol. The number of carboxylic acids is 1. The van der Waals surface area contributed by atoms with E-state index in [-0.39, 0.29) is 23.2 Å². The molecule has 0 aliphatic heterocycles. The smallest absolute Gasteiger partial charge is 0.360 e. The Morgan fingerprint density at radius 2 is 1.51 bits per heavy atom. The quantitative estimate of drug-likeness (QED) is 0.0705. The van der Waals surface area contributed by atoms with Crippen molar-refractivity contribution in [2.45, 2.75) is 5.54 Å². The molecule has 37 heavy (non-hydrogen) atoms. The predicted octanol–water partition coefficient (Wildman–Crippen LogP) is 4.98. The normalized spacial score (nSPS) is 11.6. The molecule has 0 radical (unpaired) electrons. The van der Waals surface area contributed by atoms with Crippen molar-refractivity contribution in [3.8, 4) is 0 Å². The highest BCUT2D eigenvalue weighted by molar-refractivity contribution is 8.13. The fourth-order valence-corrected chi connectivity index (χ4v) is 5.00. The zero-order valence-corrected chi connectivity index (χ0v) is 21.3. The molecule has 0 bridgehead atoms. The second-order valence-electron chi connectivity index (χ2n) is 7.80. The third-order valence-corrected chi connectivity index (χ3v) is 6.89. The summed E-state index contributed by atoms with van der Waals surface area (Å²) in [6.07, 6.45) is 0. The number of aliphatic carboxylic acids is 1. The van der Waals surface area contributed by atoms with Crippen molar-refractivity contribution in [1.82, 2.24) is 4.98 Å². The van der Waals surface area contributed by atoms with Crippen LogP contribution in [0.4, 0.5) is 5.13 Å². The van der Waals surface area contributed by atoms with Gasteiger partial charge in [-0.05, 0) is 16.7 Å². The highest BCUT2D eigenvalue weighted by atomic mass is 32.2. The summed E-state index contributed by atoms with van der Waals surface area (Å²) in [6, 6.07) is 30.2. The van der Waals surface area contributed by atoms with E-state index in [0.29, 0.717) is 10.9 Å². The minimum absolute atomic E-state index is 0.0417. The number of nitrogens with zero attached hydrogens (tertiary/aromatic N) is 2. The summed E-state index contributed by atoms with van der Waals surface area (Å²) in [4.78, 5) is 21.6. The topological polar surface area (TPSA) is 134 Å². The van der Waals surface area contributed by atoms with Gasteiger partial charge in [-0.25, -0.2) is 9.78 Å². The Labute approximate surface area is 222 Å². The number of hydrogen-bond acceptors (Lipinski definition) is 8. The van der Waals surface area contributed by atoms with Crippen LogP contribution < -0.4 is 11.1 Å². The van der Waals surface area contributed by atoms with Crippen molar-refractivity contribution < 1.29 is 14.7 Å². The number of carbonyl (C=O) groups is 1. The van der Waals surface area contributed by atoms with Gasteiger partial charge in [-0.15, -0.1) is 11.3 Å². The largest absolute Gasteiger partial charge is 0.476 e. The molecule has 3 aromatic carbocycles. The molecule has 0 aliphatic carbocycles. The summed E-state index contributed by atoms with van der Waals surface area (Å²) in [5, 5.41) is 26.5. The summed E-state index contributed by atoms with van der Waals surface area (Å²) in [7, 11) is 0. The molecule has 1 heterocycles. The number of nitrogens with one attached hydrogen (secondary N) is 2. The zero-order valence-electron chi connectivity index (χ0n) is 19.7. The van der Waals surface area contributed by atoms with E-state index in [4.69, 9.17) is 16.0 Å². The molecule has 8 nitrogen and oxygen atoms in total. The Morgan fingerprint density at radius 1 is 1.00 bits per heavy atom. The molecule has 0 unspecified atom stereocenters. The monoisotopic (exact) mass is 531 g/mol. The van der Waals surface area contributed by atoms with E-state index in [9.17, 15) is 9.90 Å². The Hall–Kier alpha value is -4.15. The first-order chi connectivity index (χ1) is 18.0. The Balaban J connectivity index is 1.73. The molecular weight excluding hydrogens is 506 g/mol. The summed E-state index contributed by atoms with van der Waals surface area (Å²) < 4.78 is 0. The van der Waals surface area contributed by atoms with Gasteiger partial charge in [0.25, 0.3) is 0 Å². The summed E-state index contributed by atoms with van der Waals surface area (Å²) in [6.45, 7) is 0.107. The summed E-state index contributed by atoms with van der Waals surface area (Å²) in [5.74, 6) is -0.875. The number of benzene rings is 3. The van der Waals surface area contributed by atoms with Crippen LogP contribution in [-0.2, 0) is 15.2 Å². The van der Waals surface area contributed by atoms with Crippen molar-refractivity contribution in [2.24, 2.45) is 10.9 Å². The van der Waals surface area contributed by atoms with Crippen LogP contribution in [0.15, 0.2) is 102 Å². The molecule has 10 heteroatoms. The van der Waals surface area contributed by atoms with Gasteiger partial charge in [-0.3, -0.25) is 5.41 Å². The van der Waals surface area contributed by atoms with Crippen molar-refractivity contribution in [3.63, 3.8) is 0 Å². The number of thioether (sulfide) groups is 1. The molecule has 188 valence electrons. The minimum Gasteiger partial charge on any atom is -0.476 e. The van der Waals surface area contributed by atoms with E-state index in [2.05, 4.69) is 51.9 Å². The van der Waals surface area contributed by atoms with Gasteiger partial charge >= 0.3 is 5.97 Å². The molecule has 4 rings (SSSR count). The van der Waals surface area contributed by atoms with Gasteiger partial charge in [-0.2, -0.15) is 0 Å². The van der Waals surface area contributed by atoms with Crippen LogP contribution in [0.25, 0.3) is 0 Å². The lowest BCUT2D eigenvalue weighted by atomic mass is 9.77. The lowest BCUT2D eigenvalue weighted by molar-refractivity contribution is -0.129. The number of amidine groups is 1. The Bertz CT molecular complexity index is 1270. The molecule has 5 N–H and O–H groups in total. The number of hydrogen-bond donors (Lipinski definition) is 4. The first kappa shape index (κ1) is 25.9. The first-order valence-corrected chi connectivity index (χ1v) is 13.2. The molecular formula is C27H25N5O3S2. The summed E-state index contributed by atoms with van der Waals surface area (Å²) >= 11 is 2.37. The van der Waals surface area contributed by atoms with Crippen LogP contribution in [-0.4, -0.2) is 39.3 Å². The SMILES string of the molecule is N=C(N)SCCON=C(C(=O)O)c1csc(NC(c2ccccc2)(c2ccccc2)c2ccccc2)n1. The van der Waals surface area contributed by atoms with Crippen LogP contribution in [0.1, 0.15) is 22.4 Å². The van der Waals surface area contributed by atoms with Gasteiger partial charge in [0.1, 0.15) is 17.8 Å². The fraction of sp³-hybridized carbons (Fsp3) is 0.111. The van der Waals surface area contributed by atoms with Crippen molar-refractivity contribution in [1.29, 1.82) is 5.41 Å². The first-order valence-electron chi connectivity index (χ1n) is 11.3. The van der Waals surface area contributed by atoms with Crippen molar-refractivity contribution >= 4 is 45.1 Å². The van der Waals surface area contributed by atoms with Gasteiger partial charge in [0, 0.05) is 11.1 Å². The van der Waals surface area contributed by atoms with E-state index in [1.807, 2.05) is 54.6 Å². The van der Waals surface area contributed by atoms with E-state index >= 15 is 0 Å². The molecule has 1 aromatic heterocycles. The molecule has 0 saturated carbocycles. The number of anilines is 1. The van der Waals surface area contributed by atoms with Crippen LogP contribution in [0.2, 0.25) is 0 Å². The van der Waals surface area contributed by atoms with E-state index in [1.165, 1.54) is 11.3 Å². The second kappa shape index (κ2) is 12.2. The Kier molecular flexibility index (Phi) is 8.55. The molecule has 0 saturated heterocycles. The van der Waals surface area contributed by atoms with Gasteiger partial charge in [0.2, 0.25) is 5.71 Å². The number of carboxylic acid groups (broad SMARTS) is 1. The number of aromatic nitrogens is 1. The standard InChI is InChI=1S/C27H25N5O3S2/c28-25(29)36-17-16-35-32-23(24(33)34)22-18-37-26(30-22)31-27(19-10-4-1-5-11-19,20-12-6-2-7-13-20)21-14-8-3-9-15-21/h1-15,18H,16-17H2,(H3,28,29)(H,30,31)(H,33,34). The molecule has 0 atom stereocenters. The van der Waals surface area contributed by atoms with E-state index in [0.717, 1.165) is 28.5 Å². The molecule has 0 spiro atoms. The minimum atomic E-state index is -1.25. The highest BCUT2D eigenvalue weighted by Gasteiger charge is 2.37. The van der Waals surface area contributed by atoms with Crippen LogP contribution in [0, 0.1) is 5.41 Å². The van der Waals surface area contributed by atoms with Crippen LogP contribution >= 0.6 is 23.1 Å². The maximum absolute atomic E-state index is 11.9. The number of thiazole rings is 1. The molecule has 0 amide bonds. The molecule has 0 fully saturated rings. The van der Waals surface area contributed by atoms with Gasteiger partial charge in [-0.1, -0.05) is 108 Å². The lowest BCUT2D eigenvalue weighted by Gasteiger charge is -2.36. The average Bonchev–Trinajstić information content (AvgIpc) is 3.38. The third-order valence-electron chi connectivity index (χ3n) is 5.45. The molecule has 4 aromatic rings. The highest BCUT2D eigenvalue weighted by Crippen LogP contribution is 2.40. The lowest BCUT2D eigenvalue weighted by Crippen LogP contribution is -2.38. The van der Waals surface area contributed by atoms with Crippen molar-refractivity contribution in [2.75, 3.05) is 17.7 Å². The maximum atomic E-state index is 11.9. The summed E-state index contributed by atoms with van der Waals surface area (Å²) in [5.41, 5.74) is 7.39. The van der Waals surface area contributed by atoms with Crippen LogP contribution in [0.5, 0.6) is 0 Å². The number of oxime groups is 1. The number of rotatable bonds is 11.